The van der Waals surface area contributed by atoms with Crippen LogP contribution < -0.4 is 5.32 Å². The van der Waals surface area contributed by atoms with Crippen molar-refractivity contribution in [3.8, 4) is 0 Å². The molecule has 0 radical (unpaired) electrons. The van der Waals surface area contributed by atoms with E-state index in [0.717, 1.165) is 0 Å². The van der Waals surface area contributed by atoms with Crippen LogP contribution in [0.5, 0.6) is 0 Å². The second kappa shape index (κ2) is 9.80. The summed E-state index contributed by atoms with van der Waals surface area (Å²) >= 11 is 13.7. The van der Waals surface area contributed by atoms with Gasteiger partial charge < -0.3 is 14.4 Å². The molecule has 2 atom stereocenters. The Morgan fingerprint density at radius 1 is 1.24 bits per heavy atom. The van der Waals surface area contributed by atoms with Gasteiger partial charge in [0.1, 0.15) is 0 Å². The Morgan fingerprint density at radius 2 is 1.83 bits per heavy atom. The minimum atomic E-state index is -3.60. The number of hydrogen-bond donors (Lipinski definition) is 1. The molecule has 1 fully saturated rings. The summed E-state index contributed by atoms with van der Waals surface area (Å²) in [5.74, 6) is -0.615. The predicted octanol–water partition coefficient (Wildman–Crippen LogP) is 6.93. The van der Waals surface area contributed by atoms with E-state index >= 15 is 0 Å². The van der Waals surface area contributed by atoms with Crippen LogP contribution in [0.25, 0.3) is 0 Å². The normalized spacial score (nSPS) is 21.6. The van der Waals surface area contributed by atoms with E-state index in [0.29, 0.717) is 15.7 Å². The first-order chi connectivity index (χ1) is 13.5. The number of urea groups is 1. The van der Waals surface area contributed by atoms with Gasteiger partial charge in [-0.2, -0.15) is 0 Å². The number of carbonyl (C=O) groups excluding carboxylic acids is 1. The summed E-state index contributed by atoms with van der Waals surface area (Å²) in [6.07, 6.45) is 0. The lowest BCUT2D eigenvalue weighted by molar-refractivity contribution is 0.153. The third-order valence-electron chi connectivity index (χ3n) is 4.48. The molecule has 10 heteroatoms. The summed E-state index contributed by atoms with van der Waals surface area (Å²) in [5, 5.41) is 3.40. The number of halogens is 2. The van der Waals surface area contributed by atoms with Gasteiger partial charge in [0.25, 0.3) is 0 Å². The van der Waals surface area contributed by atoms with Crippen molar-refractivity contribution in [3.63, 3.8) is 0 Å². The maximum Gasteiger partial charge on any atom is 0.354 e. The van der Waals surface area contributed by atoms with Crippen LogP contribution in [0.3, 0.4) is 0 Å². The van der Waals surface area contributed by atoms with E-state index in [1.165, 1.54) is 0 Å². The van der Waals surface area contributed by atoms with Crippen LogP contribution in [0.4, 0.5) is 10.5 Å². The van der Waals surface area contributed by atoms with Gasteiger partial charge in [-0.15, -0.1) is 11.8 Å². The van der Waals surface area contributed by atoms with Gasteiger partial charge in [-0.1, -0.05) is 37.0 Å². The molecule has 1 aromatic rings. The van der Waals surface area contributed by atoms with Crippen molar-refractivity contribution < 1.29 is 18.4 Å². The highest BCUT2D eigenvalue weighted by atomic mass is 35.5. The molecule has 1 heterocycles. The number of rotatable bonds is 7. The van der Waals surface area contributed by atoms with Crippen LogP contribution in [0.15, 0.2) is 18.2 Å². The van der Waals surface area contributed by atoms with E-state index in [9.17, 15) is 9.36 Å². The van der Waals surface area contributed by atoms with Gasteiger partial charge in [-0.05, 0) is 51.8 Å². The molecule has 2 unspecified atom stereocenters. The molecule has 2 amide bonds. The summed E-state index contributed by atoms with van der Waals surface area (Å²) < 4.78 is 24.5. The van der Waals surface area contributed by atoms with Gasteiger partial charge >= 0.3 is 13.6 Å². The van der Waals surface area contributed by atoms with E-state index in [4.69, 9.17) is 32.2 Å². The van der Waals surface area contributed by atoms with E-state index in [-0.39, 0.29) is 30.5 Å². The maximum absolute atomic E-state index is 13.7. The first-order valence-corrected chi connectivity index (χ1v) is 12.8. The Bertz CT molecular complexity index is 783. The van der Waals surface area contributed by atoms with Crippen molar-refractivity contribution in [1.82, 2.24) is 4.90 Å². The molecule has 164 valence electrons. The van der Waals surface area contributed by atoms with Crippen LogP contribution in [-0.4, -0.2) is 40.0 Å². The molecule has 2 rings (SSSR count). The predicted molar refractivity (Wildman–Crippen MR) is 122 cm³/mol. The second-order valence-corrected chi connectivity index (χ2v) is 12.2. The van der Waals surface area contributed by atoms with Gasteiger partial charge in [0.05, 0.1) is 28.6 Å². The fraction of sp³-hybridized carbons (Fsp3) is 0.632. The molecular weight excluding hydrogens is 454 g/mol. The van der Waals surface area contributed by atoms with Crippen molar-refractivity contribution in [2.24, 2.45) is 5.92 Å². The highest BCUT2D eigenvalue weighted by Gasteiger charge is 2.59. The van der Waals surface area contributed by atoms with Crippen LogP contribution in [0.2, 0.25) is 10.0 Å². The van der Waals surface area contributed by atoms with E-state index < -0.39 is 18.1 Å². The van der Waals surface area contributed by atoms with Gasteiger partial charge in [0.2, 0.25) is 0 Å². The first kappa shape index (κ1) is 24.8. The molecule has 1 N–H and O–H groups in total. The number of hydrogen-bond acceptors (Lipinski definition) is 5. The Labute approximate surface area is 187 Å². The lowest BCUT2D eigenvalue weighted by Crippen LogP contribution is -2.49. The average Bonchev–Trinajstić information content (AvgIpc) is 2.91. The lowest BCUT2D eigenvalue weighted by Gasteiger charge is -2.37. The molecule has 1 saturated heterocycles. The van der Waals surface area contributed by atoms with Crippen LogP contribution in [0, 0.1) is 5.92 Å². The van der Waals surface area contributed by atoms with Gasteiger partial charge in [0, 0.05) is 10.4 Å². The fourth-order valence-corrected chi connectivity index (χ4v) is 8.23. The third-order valence-corrected chi connectivity index (χ3v) is 9.96. The first-order valence-electron chi connectivity index (χ1n) is 9.57. The molecule has 29 heavy (non-hydrogen) atoms. The van der Waals surface area contributed by atoms with Crippen LogP contribution in [-0.2, 0) is 13.6 Å². The summed E-state index contributed by atoms with van der Waals surface area (Å²) in [7, 11) is -3.60. The Kier molecular flexibility index (Phi) is 8.39. The Morgan fingerprint density at radius 3 is 2.31 bits per heavy atom. The molecule has 1 aliphatic heterocycles. The van der Waals surface area contributed by atoms with Crippen LogP contribution in [0.1, 0.15) is 41.5 Å². The zero-order chi connectivity index (χ0) is 22.0. The zero-order valence-electron chi connectivity index (χ0n) is 17.6. The number of nitrogens with one attached hydrogen (secondary N) is 1. The molecule has 1 aliphatic rings. The van der Waals surface area contributed by atoms with E-state index in [2.05, 4.69) is 5.32 Å². The van der Waals surface area contributed by atoms with Crippen molar-refractivity contribution >= 4 is 54.3 Å². The summed E-state index contributed by atoms with van der Waals surface area (Å²) in [5.41, 5.74) is 0.503. The monoisotopic (exact) mass is 482 g/mol. The summed E-state index contributed by atoms with van der Waals surface area (Å²) in [4.78, 5) is 15.0. The third kappa shape index (κ3) is 5.44. The topological polar surface area (TPSA) is 67.9 Å². The summed E-state index contributed by atoms with van der Waals surface area (Å²) in [6, 6.07) is 4.49. The van der Waals surface area contributed by atoms with Gasteiger partial charge in [-0.25, -0.2) is 4.79 Å². The minimum Gasteiger partial charge on any atom is -0.308 e. The quantitative estimate of drug-likeness (QED) is 0.426. The maximum atomic E-state index is 13.7. The number of carbonyl (C=O) groups is 1. The minimum absolute atomic E-state index is 0.125. The lowest BCUT2D eigenvalue weighted by atomic mass is 10.1. The Hall–Kier alpha value is -0.430. The van der Waals surface area contributed by atoms with Crippen molar-refractivity contribution in [3.05, 3.63) is 28.2 Å². The zero-order valence-corrected chi connectivity index (χ0v) is 20.8. The fourth-order valence-electron chi connectivity index (χ4n) is 3.42. The smallest absolute Gasteiger partial charge is 0.308 e. The molecule has 0 aromatic heterocycles. The second-order valence-electron chi connectivity index (χ2n) is 7.57. The summed E-state index contributed by atoms with van der Waals surface area (Å²) in [6.45, 7) is 12.0. The molecule has 0 spiro atoms. The van der Waals surface area contributed by atoms with Gasteiger partial charge in [0.15, 0.2) is 5.78 Å². The number of nitrogens with zero attached hydrogens (tertiary/aromatic N) is 1. The van der Waals surface area contributed by atoms with Crippen molar-refractivity contribution in [1.29, 1.82) is 0 Å². The average molecular weight is 483 g/mol. The molecule has 0 saturated carbocycles. The van der Waals surface area contributed by atoms with E-state index in [1.807, 2.05) is 27.7 Å². The SMILES string of the molecule is CCOP(=O)(OCC)C1N(C(=O)Nc2ccc(Cl)c(Cl)c2)C(C(C)C)SC1(C)C. The highest BCUT2D eigenvalue weighted by molar-refractivity contribution is 8.01. The standard InChI is InChI=1S/C19H29Cl2N2O4PS/c1-7-26-28(25,27-8-2)17-19(5,6)29-16(12(3)4)23(17)18(24)22-13-9-10-14(20)15(21)11-13/h9-12,16-17H,7-8H2,1-6H3,(H,22,24). The molecular formula is C19H29Cl2N2O4PS. The van der Waals surface area contributed by atoms with Gasteiger partial charge in [-0.3, -0.25) is 9.46 Å². The Balaban J connectivity index is 2.46. The van der Waals surface area contributed by atoms with Crippen molar-refractivity contribution in [2.75, 3.05) is 18.5 Å². The molecule has 1 aromatic carbocycles. The van der Waals surface area contributed by atoms with Crippen LogP contribution >= 0.6 is 42.6 Å². The molecule has 6 nitrogen and oxygen atoms in total. The number of amides is 2. The number of anilines is 1. The largest absolute Gasteiger partial charge is 0.354 e. The van der Waals surface area contributed by atoms with E-state index in [1.54, 1.807) is 48.7 Å². The van der Waals surface area contributed by atoms with Crippen molar-refractivity contribution in [2.45, 2.75) is 57.4 Å². The highest BCUT2D eigenvalue weighted by Crippen LogP contribution is 2.65. The number of benzene rings is 1. The number of thioether (sulfide) groups is 1. The molecule has 0 aliphatic carbocycles. The molecule has 0 bridgehead atoms.